The maximum atomic E-state index is 13.2. The fraction of sp³-hybridized carbons (Fsp3) is 0.920. The molecule has 5 aliphatic carbocycles. The molecule has 70 heavy (non-hydrogen) atoms. The Morgan fingerprint density at radius 3 is 1.93 bits per heavy atom. The van der Waals surface area contributed by atoms with Crippen LogP contribution in [0.2, 0.25) is 0 Å². The van der Waals surface area contributed by atoms with Crippen molar-refractivity contribution in [3.8, 4) is 0 Å². The first-order chi connectivity index (χ1) is 32.7. The van der Waals surface area contributed by atoms with E-state index in [2.05, 4.69) is 33.8 Å². The summed E-state index contributed by atoms with van der Waals surface area (Å²) in [6.07, 6.45) is -19.0. The fourth-order valence-electron chi connectivity index (χ4n) is 15.4. The van der Waals surface area contributed by atoms with Crippen LogP contribution in [0.5, 0.6) is 0 Å². The molecule has 20 nitrogen and oxygen atoms in total. The molecule has 0 radical (unpaired) electrons. The third-order valence-corrected chi connectivity index (χ3v) is 20.2. The number of ether oxygens (including phenoxy) is 8. The topological polar surface area (TPSA) is 310 Å². The van der Waals surface area contributed by atoms with Crippen LogP contribution in [0.4, 0.5) is 0 Å². The van der Waals surface area contributed by atoms with E-state index in [-0.39, 0.29) is 46.6 Å². The number of allylic oxidation sites excluding steroid dienone is 2. The Balaban J connectivity index is 1.09. The molecule has 20 heteroatoms. The van der Waals surface area contributed by atoms with Crippen molar-refractivity contribution in [2.45, 2.75) is 211 Å². The summed E-state index contributed by atoms with van der Waals surface area (Å²) in [6.45, 7) is 13.4. The SMILES string of the molecule is COC(=O)[C@H]1O[C@@H](O[C@H]2CC[C@@]3(C)[C@@H](CC[C@]4(C)[C@@H]3CC=C3[C@@H]5C[C@@](C)(C(=O)OC)C[C@@H](O)[C@]5(C)CC[C@]34C)[C@@]2(C)CO)[C@H](O[C@@H]2O[C@H](CO)[C@@H](O)[C@H](O)[C@H]2O[C@@H]2O[C@@H](C)[C@H](O)[C@@H](O)[C@H]2O)[C@@H](O)[C@@H]1O. The molecular formula is C50H80O20. The van der Waals surface area contributed by atoms with Crippen molar-refractivity contribution in [2.24, 2.45) is 50.2 Å². The smallest absolute Gasteiger partial charge is 0.337 e. The zero-order valence-electron chi connectivity index (χ0n) is 42.0. The maximum Gasteiger partial charge on any atom is 0.337 e. The molecule has 0 unspecified atom stereocenters. The van der Waals surface area contributed by atoms with Crippen LogP contribution in [-0.2, 0) is 47.5 Å². The van der Waals surface area contributed by atoms with E-state index < -0.39 is 133 Å². The van der Waals surface area contributed by atoms with Crippen molar-refractivity contribution in [3.63, 3.8) is 0 Å². The number of aliphatic hydroxyl groups is 10. The summed E-state index contributed by atoms with van der Waals surface area (Å²) in [5, 5.41) is 111. The second kappa shape index (κ2) is 19.3. The second-order valence-corrected chi connectivity index (χ2v) is 23.7. The van der Waals surface area contributed by atoms with Crippen LogP contribution in [0.3, 0.4) is 0 Å². The molecule has 7 fully saturated rings. The van der Waals surface area contributed by atoms with Gasteiger partial charge in [0, 0.05) is 10.8 Å². The van der Waals surface area contributed by atoms with Crippen molar-refractivity contribution >= 4 is 11.9 Å². The summed E-state index contributed by atoms with van der Waals surface area (Å²) in [5.74, 6) is -1.32. The molecule has 3 saturated heterocycles. The van der Waals surface area contributed by atoms with E-state index in [4.69, 9.17) is 37.9 Å². The van der Waals surface area contributed by atoms with Gasteiger partial charge < -0.3 is 89.0 Å². The predicted octanol–water partition coefficient (Wildman–Crippen LogP) is -0.0539. The number of methoxy groups -OCH3 is 2. The number of hydrogen-bond donors (Lipinski definition) is 10. The highest BCUT2D eigenvalue weighted by Gasteiger charge is 2.70. The third-order valence-electron chi connectivity index (χ3n) is 20.2. The number of carbonyl (C=O) groups is 2. The number of rotatable bonds is 10. The highest BCUT2D eigenvalue weighted by Crippen LogP contribution is 2.76. The van der Waals surface area contributed by atoms with Crippen LogP contribution in [0, 0.1) is 50.2 Å². The van der Waals surface area contributed by atoms with Gasteiger partial charge in [-0.15, -0.1) is 0 Å². The lowest BCUT2D eigenvalue weighted by atomic mass is 9.33. The van der Waals surface area contributed by atoms with E-state index in [1.165, 1.54) is 19.6 Å². The van der Waals surface area contributed by atoms with Gasteiger partial charge in [-0.05, 0) is 106 Å². The van der Waals surface area contributed by atoms with Crippen LogP contribution in [0.15, 0.2) is 11.6 Å². The molecule has 3 aliphatic heterocycles. The lowest BCUT2D eigenvalue weighted by molar-refractivity contribution is -0.396. The van der Waals surface area contributed by atoms with E-state index in [1.54, 1.807) is 0 Å². The molecule has 8 aliphatic rings. The number of carbonyl (C=O) groups excluding carboxylic acids is 2. The van der Waals surface area contributed by atoms with Crippen LogP contribution in [0.25, 0.3) is 0 Å². The zero-order chi connectivity index (χ0) is 51.4. The summed E-state index contributed by atoms with van der Waals surface area (Å²) < 4.78 is 46.9. The van der Waals surface area contributed by atoms with Gasteiger partial charge in [0.05, 0.1) is 51.2 Å². The average Bonchev–Trinajstić information content (AvgIpc) is 3.32. The summed E-state index contributed by atoms with van der Waals surface area (Å²) >= 11 is 0. The molecule has 4 saturated carbocycles. The lowest BCUT2D eigenvalue weighted by Crippen LogP contribution is -2.68. The first-order valence-corrected chi connectivity index (χ1v) is 25.2. The van der Waals surface area contributed by atoms with Crippen molar-refractivity contribution in [1.29, 1.82) is 0 Å². The maximum absolute atomic E-state index is 13.2. The molecule has 400 valence electrons. The summed E-state index contributed by atoms with van der Waals surface area (Å²) in [4.78, 5) is 26.3. The Bertz CT molecular complexity index is 1960. The molecule has 0 aromatic rings. The highest BCUT2D eigenvalue weighted by atomic mass is 16.8. The number of hydrogen-bond acceptors (Lipinski definition) is 20. The van der Waals surface area contributed by atoms with Gasteiger partial charge in [-0.1, -0.05) is 46.3 Å². The Labute approximate surface area is 409 Å². The molecule has 26 atom stereocenters. The Kier molecular flexibility index (Phi) is 15.0. The molecule has 0 amide bonds. The molecule has 0 bridgehead atoms. The van der Waals surface area contributed by atoms with E-state index >= 15 is 0 Å². The van der Waals surface area contributed by atoms with Crippen molar-refractivity contribution < 1.29 is 98.5 Å². The minimum absolute atomic E-state index is 0.0240. The third kappa shape index (κ3) is 8.25. The molecular weight excluding hydrogens is 921 g/mol. The monoisotopic (exact) mass is 1000 g/mol. The summed E-state index contributed by atoms with van der Waals surface area (Å²) in [5.41, 5.74) is -1.66. The van der Waals surface area contributed by atoms with Crippen molar-refractivity contribution in [1.82, 2.24) is 0 Å². The van der Waals surface area contributed by atoms with Gasteiger partial charge in [-0.25, -0.2) is 4.79 Å². The van der Waals surface area contributed by atoms with E-state index in [0.29, 0.717) is 32.1 Å². The largest absolute Gasteiger partial charge is 0.469 e. The van der Waals surface area contributed by atoms with Crippen molar-refractivity contribution in [2.75, 3.05) is 27.4 Å². The van der Waals surface area contributed by atoms with Crippen LogP contribution in [0.1, 0.15) is 106 Å². The standard InChI is InChI=1S/C50H80O20/c1-22-30(54)32(56)36(60)41(65-22)69-38-33(57)31(55)25(20-51)66-42(38)70-39-35(59)34(58)37(40(61)63-8)68-43(39)67-29-13-14-47(4)26(48(29,5)21-52)12-15-50(7)27(47)11-10-23-24-18-45(2,44(62)64-9)19-28(53)46(24,3)16-17-49(23,50)6/h10,22,24-39,41-43,51-60H,11-21H2,1-9H3/t22-,24-,25+,26+,27+,28+,29-,30-,31+,32+,33-,34-,35-,36+,37-,38+,39+,41-,42-,43+,45+,46+,47-,48+,49+,50+/m0/s1. The summed E-state index contributed by atoms with van der Waals surface area (Å²) in [6, 6.07) is 0. The minimum Gasteiger partial charge on any atom is -0.469 e. The highest BCUT2D eigenvalue weighted by molar-refractivity contribution is 5.77. The predicted molar refractivity (Wildman–Crippen MR) is 241 cm³/mol. The summed E-state index contributed by atoms with van der Waals surface area (Å²) in [7, 11) is 2.48. The number of aliphatic hydroxyl groups excluding tert-OH is 10. The van der Waals surface area contributed by atoms with Crippen molar-refractivity contribution in [3.05, 3.63) is 11.6 Å². The molecule has 3 heterocycles. The quantitative estimate of drug-likeness (QED) is 0.0779. The van der Waals surface area contributed by atoms with Crippen LogP contribution >= 0.6 is 0 Å². The molecule has 0 spiro atoms. The van der Waals surface area contributed by atoms with Crippen LogP contribution in [-0.4, -0.2) is 195 Å². The fourth-order valence-corrected chi connectivity index (χ4v) is 15.4. The first kappa shape index (κ1) is 54.3. The second-order valence-electron chi connectivity index (χ2n) is 23.7. The van der Waals surface area contributed by atoms with Gasteiger partial charge in [0.2, 0.25) is 0 Å². The number of fused-ring (bicyclic) bond motifs is 7. The Morgan fingerprint density at radius 2 is 1.30 bits per heavy atom. The molecule has 0 aromatic carbocycles. The molecule has 8 rings (SSSR count). The van der Waals surface area contributed by atoms with E-state index in [1.807, 2.05) is 13.8 Å². The number of esters is 2. The van der Waals surface area contributed by atoms with Gasteiger partial charge in [-0.3, -0.25) is 4.79 Å². The van der Waals surface area contributed by atoms with Gasteiger partial charge in [0.25, 0.3) is 0 Å². The van der Waals surface area contributed by atoms with E-state index in [0.717, 1.165) is 32.8 Å². The minimum atomic E-state index is -1.97. The average molecular weight is 1000 g/mol. The van der Waals surface area contributed by atoms with Gasteiger partial charge in [0.15, 0.2) is 25.0 Å². The molecule has 0 aromatic heterocycles. The Morgan fingerprint density at radius 1 is 0.657 bits per heavy atom. The van der Waals surface area contributed by atoms with Crippen LogP contribution < -0.4 is 0 Å². The van der Waals surface area contributed by atoms with E-state index in [9.17, 15) is 60.7 Å². The normalized spacial score (nSPS) is 54.6. The van der Waals surface area contributed by atoms with Gasteiger partial charge >= 0.3 is 11.9 Å². The lowest BCUT2D eigenvalue weighted by Gasteiger charge is -2.71. The first-order valence-electron chi connectivity index (χ1n) is 25.2. The van der Waals surface area contributed by atoms with Gasteiger partial charge in [0.1, 0.15) is 61.0 Å². The van der Waals surface area contributed by atoms with Gasteiger partial charge in [-0.2, -0.15) is 0 Å². The molecule has 10 N–H and O–H groups in total. The Hall–Kier alpha value is -1.96. The zero-order valence-corrected chi connectivity index (χ0v) is 42.0.